The van der Waals surface area contributed by atoms with E-state index >= 15 is 0 Å². The third-order valence-electron chi connectivity index (χ3n) is 5.59. The fraction of sp³-hybridized carbons (Fsp3) is 1.00. The zero-order valence-corrected chi connectivity index (χ0v) is 12.5. The fourth-order valence-electron chi connectivity index (χ4n) is 4.25. The van der Waals surface area contributed by atoms with Crippen LogP contribution in [0.15, 0.2) is 0 Å². The molecule has 0 aromatic carbocycles. The van der Waals surface area contributed by atoms with Gasteiger partial charge in [0.05, 0.1) is 12.2 Å². The summed E-state index contributed by atoms with van der Waals surface area (Å²) in [5.74, 6) is 0.788. The molecular weight excluding hydrogens is 276 g/mol. The van der Waals surface area contributed by atoms with Crippen LogP contribution in [-0.2, 0) is 4.74 Å². The van der Waals surface area contributed by atoms with Crippen LogP contribution in [0.25, 0.3) is 0 Å². The van der Waals surface area contributed by atoms with E-state index in [2.05, 4.69) is 22.9 Å². The van der Waals surface area contributed by atoms with Crippen LogP contribution in [0.5, 0.6) is 0 Å². The molecule has 0 amide bonds. The van der Waals surface area contributed by atoms with E-state index < -0.39 is 0 Å². The topological polar surface area (TPSA) is 9.23 Å². The standard InChI is InChI=1S/C15H25BrO/c1-11-6-2-3-7-12(11)17-14-10-13(16)15(14)8-4-5-9-15/h11-14H,2-10H2,1H3. The largest absolute Gasteiger partial charge is 0.374 e. The molecule has 0 aromatic rings. The van der Waals surface area contributed by atoms with E-state index in [0.29, 0.717) is 17.6 Å². The van der Waals surface area contributed by atoms with Gasteiger partial charge >= 0.3 is 0 Å². The number of halogens is 1. The molecular formula is C15H25BrO. The summed E-state index contributed by atoms with van der Waals surface area (Å²) >= 11 is 3.88. The third-order valence-corrected chi connectivity index (χ3v) is 6.88. The second-order valence-electron chi connectivity index (χ2n) is 6.57. The predicted molar refractivity (Wildman–Crippen MR) is 74.5 cm³/mol. The SMILES string of the molecule is CC1CCCCC1OC1CC(Br)C12CCCC2. The van der Waals surface area contributed by atoms with Gasteiger partial charge in [-0.2, -0.15) is 0 Å². The summed E-state index contributed by atoms with van der Waals surface area (Å²) in [6.45, 7) is 2.38. The molecule has 0 N–H and O–H groups in total. The summed E-state index contributed by atoms with van der Waals surface area (Å²) in [4.78, 5) is 0.737. The molecule has 0 radical (unpaired) electrons. The Morgan fingerprint density at radius 2 is 1.76 bits per heavy atom. The molecule has 3 saturated carbocycles. The molecule has 1 spiro atoms. The van der Waals surface area contributed by atoms with Crippen LogP contribution >= 0.6 is 15.9 Å². The molecule has 2 heteroatoms. The van der Waals surface area contributed by atoms with E-state index in [-0.39, 0.29) is 0 Å². The van der Waals surface area contributed by atoms with Crippen molar-refractivity contribution in [2.45, 2.75) is 81.7 Å². The maximum Gasteiger partial charge on any atom is 0.0656 e. The molecule has 3 rings (SSSR count). The molecule has 0 bridgehead atoms. The highest BCUT2D eigenvalue weighted by Gasteiger charge is 2.56. The van der Waals surface area contributed by atoms with Crippen LogP contribution in [0.1, 0.15) is 64.7 Å². The van der Waals surface area contributed by atoms with E-state index in [1.807, 2.05) is 0 Å². The molecule has 0 aliphatic heterocycles. The van der Waals surface area contributed by atoms with Crippen molar-refractivity contribution in [1.82, 2.24) is 0 Å². The maximum atomic E-state index is 6.52. The molecule has 3 aliphatic carbocycles. The minimum atomic E-state index is 0.525. The van der Waals surface area contributed by atoms with Gasteiger partial charge in [0.25, 0.3) is 0 Å². The van der Waals surface area contributed by atoms with E-state index in [4.69, 9.17) is 4.74 Å². The third kappa shape index (κ3) is 2.10. The smallest absolute Gasteiger partial charge is 0.0656 e. The molecule has 0 aromatic heterocycles. The number of ether oxygens (including phenoxy) is 1. The lowest BCUT2D eigenvalue weighted by Crippen LogP contribution is -2.55. The van der Waals surface area contributed by atoms with Crippen LogP contribution in [0.3, 0.4) is 0 Å². The first-order valence-corrected chi connectivity index (χ1v) is 8.43. The highest BCUT2D eigenvalue weighted by Crippen LogP contribution is 2.58. The average Bonchev–Trinajstić information content (AvgIpc) is 2.83. The van der Waals surface area contributed by atoms with Gasteiger partial charge in [0.15, 0.2) is 0 Å². The number of hydrogen-bond acceptors (Lipinski definition) is 1. The Balaban J connectivity index is 1.61. The normalized spacial score (nSPS) is 44.8. The van der Waals surface area contributed by atoms with E-state index in [1.165, 1.54) is 57.8 Å². The van der Waals surface area contributed by atoms with Crippen LogP contribution in [0.4, 0.5) is 0 Å². The maximum absolute atomic E-state index is 6.52. The zero-order valence-electron chi connectivity index (χ0n) is 11.0. The molecule has 0 saturated heterocycles. The van der Waals surface area contributed by atoms with Crippen molar-refractivity contribution in [3.8, 4) is 0 Å². The summed E-state index contributed by atoms with van der Waals surface area (Å²) in [5, 5.41) is 0. The minimum Gasteiger partial charge on any atom is -0.374 e. The molecule has 4 unspecified atom stereocenters. The fourth-order valence-corrected chi connectivity index (χ4v) is 5.35. The molecule has 0 heterocycles. The molecule has 4 atom stereocenters. The molecule has 3 fully saturated rings. The zero-order chi connectivity index (χ0) is 11.9. The summed E-state index contributed by atoms with van der Waals surface area (Å²) in [7, 11) is 0. The van der Waals surface area contributed by atoms with Crippen molar-refractivity contribution >= 4 is 15.9 Å². The second kappa shape index (κ2) is 4.85. The van der Waals surface area contributed by atoms with Gasteiger partial charge in [-0.05, 0) is 38.0 Å². The molecule has 3 aliphatic rings. The Bertz CT molecular complexity index is 272. The number of hydrogen-bond donors (Lipinski definition) is 0. The monoisotopic (exact) mass is 300 g/mol. The molecule has 98 valence electrons. The van der Waals surface area contributed by atoms with Crippen LogP contribution in [-0.4, -0.2) is 17.0 Å². The Labute approximate surface area is 114 Å². The quantitative estimate of drug-likeness (QED) is 0.673. The van der Waals surface area contributed by atoms with Crippen molar-refractivity contribution in [3.63, 3.8) is 0 Å². The average molecular weight is 301 g/mol. The molecule has 1 nitrogen and oxygen atoms in total. The Hall–Kier alpha value is 0.440. The lowest BCUT2D eigenvalue weighted by Gasteiger charge is -2.53. The van der Waals surface area contributed by atoms with Crippen molar-refractivity contribution in [1.29, 1.82) is 0 Å². The van der Waals surface area contributed by atoms with Crippen molar-refractivity contribution in [2.24, 2.45) is 11.3 Å². The van der Waals surface area contributed by atoms with Crippen molar-refractivity contribution in [3.05, 3.63) is 0 Å². The van der Waals surface area contributed by atoms with Gasteiger partial charge in [-0.15, -0.1) is 0 Å². The first kappa shape index (κ1) is 12.5. The van der Waals surface area contributed by atoms with Gasteiger partial charge in [-0.3, -0.25) is 0 Å². The van der Waals surface area contributed by atoms with Crippen molar-refractivity contribution < 1.29 is 4.74 Å². The van der Waals surface area contributed by atoms with Crippen molar-refractivity contribution in [2.75, 3.05) is 0 Å². The second-order valence-corrected chi connectivity index (χ2v) is 7.67. The minimum absolute atomic E-state index is 0.525. The molecule has 17 heavy (non-hydrogen) atoms. The Morgan fingerprint density at radius 3 is 2.41 bits per heavy atom. The van der Waals surface area contributed by atoms with Gasteiger partial charge < -0.3 is 4.74 Å². The first-order chi connectivity index (χ1) is 8.22. The lowest BCUT2D eigenvalue weighted by atomic mass is 9.64. The predicted octanol–water partition coefficient (Wildman–Crippen LogP) is 4.68. The Kier molecular flexibility index (Phi) is 3.56. The number of rotatable bonds is 2. The number of alkyl halides is 1. The van der Waals surface area contributed by atoms with Gasteiger partial charge in [0, 0.05) is 10.2 Å². The summed E-state index contributed by atoms with van der Waals surface area (Å²) in [5.41, 5.74) is 0.525. The van der Waals surface area contributed by atoms with Gasteiger partial charge in [-0.1, -0.05) is 48.5 Å². The summed E-state index contributed by atoms with van der Waals surface area (Å²) < 4.78 is 6.52. The van der Waals surface area contributed by atoms with Crippen LogP contribution in [0, 0.1) is 11.3 Å². The van der Waals surface area contributed by atoms with Crippen LogP contribution in [0.2, 0.25) is 0 Å². The van der Waals surface area contributed by atoms with Gasteiger partial charge in [-0.25, -0.2) is 0 Å². The van der Waals surface area contributed by atoms with E-state index in [9.17, 15) is 0 Å². The summed E-state index contributed by atoms with van der Waals surface area (Å²) in [6.07, 6.45) is 13.5. The van der Waals surface area contributed by atoms with E-state index in [1.54, 1.807) is 0 Å². The first-order valence-electron chi connectivity index (χ1n) is 7.52. The van der Waals surface area contributed by atoms with Gasteiger partial charge in [0.1, 0.15) is 0 Å². The van der Waals surface area contributed by atoms with Crippen LogP contribution < -0.4 is 0 Å². The van der Waals surface area contributed by atoms with E-state index in [0.717, 1.165) is 10.7 Å². The van der Waals surface area contributed by atoms with Gasteiger partial charge in [0.2, 0.25) is 0 Å². The highest BCUT2D eigenvalue weighted by molar-refractivity contribution is 9.09. The highest BCUT2D eigenvalue weighted by atomic mass is 79.9. The summed E-state index contributed by atoms with van der Waals surface area (Å²) in [6, 6.07) is 0. The Morgan fingerprint density at radius 1 is 1.06 bits per heavy atom. The lowest BCUT2D eigenvalue weighted by molar-refractivity contribution is -0.153.